The first-order valence-corrected chi connectivity index (χ1v) is 10.8. The fourth-order valence-electron chi connectivity index (χ4n) is 3.89. The molecule has 0 radical (unpaired) electrons. The van der Waals surface area contributed by atoms with E-state index in [1.165, 1.54) is 0 Å². The SMILES string of the molecule is CCCOc1c(Cl)cc(C(=O)N2CCCC2c2nc3ccccc3[nH]2)cc1OCC. The van der Waals surface area contributed by atoms with Crippen LogP contribution in [0.15, 0.2) is 36.4 Å². The molecule has 1 aliphatic rings. The molecule has 158 valence electrons. The van der Waals surface area contributed by atoms with E-state index in [2.05, 4.69) is 4.98 Å². The number of amides is 1. The van der Waals surface area contributed by atoms with E-state index in [1.54, 1.807) is 12.1 Å². The maximum Gasteiger partial charge on any atom is 0.254 e. The number of hydrogen-bond donors (Lipinski definition) is 1. The van der Waals surface area contributed by atoms with Gasteiger partial charge in [-0.05, 0) is 50.5 Å². The van der Waals surface area contributed by atoms with Gasteiger partial charge >= 0.3 is 0 Å². The lowest BCUT2D eigenvalue weighted by Crippen LogP contribution is -2.31. The largest absolute Gasteiger partial charge is 0.490 e. The molecule has 1 unspecified atom stereocenters. The molecule has 3 aromatic rings. The molecule has 1 N–H and O–H groups in total. The van der Waals surface area contributed by atoms with Crippen molar-refractivity contribution >= 4 is 28.5 Å². The summed E-state index contributed by atoms with van der Waals surface area (Å²) in [6.45, 7) is 5.59. The Morgan fingerprint density at radius 1 is 1.27 bits per heavy atom. The number of likely N-dealkylation sites (tertiary alicyclic amines) is 1. The fraction of sp³-hybridized carbons (Fsp3) is 0.391. The first kappa shape index (κ1) is 20.5. The van der Waals surface area contributed by atoms with Crippen molar-refractivity contribution in [1.29, 1.82) is 0 Å². The summed E-state index contributed by atoms with van der Waals surface area (Å²) in [5.41, 5.74) is 2.38. The number of carbonyl (C=O) groups is 1. The lowest BCUT2D eigenvalue weighted by Gasteiger charge is -2.24. The van der Waals surface area contributed by atoms with Gasteiger partial charge in [0, 0.05) is 12.1 Å². The zero-order valence-corrected chi connectivity index (χ0v) is 18.0. The lowest BCUT2D eigenvalue weighted by molar-refractivity contribution is 0.0730. The summed E-state index contributed by atoms with van der Waals surface area (Å²) in [6.07, 6.45) is 2.65. The van der Waals surface area contributed by atoms with Gasteiger partial charge in [0.25, 0.3) is 5.91 Å². The predicted octanol–water partition coefficient (Wildman–Crippen LogP) is 5.38. The molecule has 30 heavy (non-hydrogen) atoms. The number of nitrogens with one attached hydrogen (secondary N) is 1. The van der Waals surface area contributed by atoms with E-state index in [0.717, 1.165) is 36.1 Å². The molecule has 6 nitrogen and oxygen atoms in total. The van der Waals surface area contributed by atoms with E-state index in [0.29, 0.717) is 41.8 Å². The van der Waals surface area contributed by atoms with Crippen LogP contribution in [-0.2, 0) is 0 Å². The number of rotatable bonds is 7. The minimum atomic E-state index is -0.0877. The molecule has 1 saturated heterocycles. The highest BCUT2D eigenvalue weighted by Crippen LogP contribution is 2.39. The Morgan fingerprint density at radius 2 is 2.10 bits per heavy atom. The van der Waals surface area contributed by atoms with E-state index < -0.39 is 0 Å². The van der Waals surface area contributed by atoms with Gasteiger partial charge in [-0.15, -0.1) is 0 Å². The van der Waals surface area contributed by atoms with E-state index in [-0.39, 0.29) is 11.9 Å². The molecular formula is C23H26ClN3O3. The Morgan fingerprint density at radius 3 is 2.87 bits per heavy atom. The van der Waals surface area contributed by atoms with Crippen LogP contribution in [0, 0.1) is 0 Å². The van der Waals surface area contributed by atoms with Crippen molar-refractivity contribution in [1.82, 2.24) is 14.9 Å². The second kappa shape index (κ2) is 8.96. The summed E-state index contributed by atoms with van der Waals surface area (Å²) in [7, 11) is 0. The number of fused-ring (bicyclic) bond motifs is 1. The molecule has 1 fully saturated rings. The van der Waals surface area contributed by atoms with Crippen LogP contribution in [0.5, 0.6) is 11.5 Å². The van der Waals surface area contributed by atoms with Crippen LogP contribution in [-0.4, -0.2) is 40.5 Å². The number of aromatic nitrogens is 2. The van der Waals surface area contributed by atoms with Crippen molar-refractivity contribution in [3.05, 3.63) is 52.8 Å². The first-order valence-electron chi connectivity index (χ1n) is 10.5. The molecule has 0 saturated carbocycles. The number of imidazole rings is 1. The van der Waals surface area contributed by atoms with E-state index in [1.807, 2.05) is 43.0 Å². The second-order valence-electron chi connectivity index (χ2n) is 7.36. The predicted molar refractivity (Wildman–Crippen MR) is 118 cm³/mol. The average Bonchev–Trinajstić information content (AvgIpc) is 3.39. The highest BCUT2D eigenvalue weighted by atomic mass is 35.5. The zero-order chi connectivity index (χ0) is 21.1. The Labute approximate surface area is 181 Å². The minimum absolute atomic E-state index is 0.0807. The monoisotopic (exact) mass is 427 g/mol. The maximum atomic E-state index is 13.4. The molecular weight excluding hydrogens is 402 g/mol. The van der Waals surface area contributed by atoms with Crippen LogP contribution >= 0.6 is 11.6 Å². The quantitative estimate of drug-likeness (QED) is 0.549. The van der Waals surface area contributed by atoms with Gasteiger partial charge in [-0.1, -0.05) is 30.7 Å². The number of hydrogen-bond acceptors (Lipinski definition) is 4. The Hall–Kier alpha value is -2.73. The summed E-state index contributed by atoms with van der Waals surface area (Å²) in [5.74, 6) is 1.73. The number of nitrogens with zero attached hydrogens (tertiary/aromatic N) is 2. The van der Waals surface area contributed by atoms with Gasteiger partial charge in [-0.25, -0.2) is 4.98 Å². The van der Waals surface area contributed by atoms with Crippen molar-refractivity contribution in [2.24, 2.45) is 0 Å². The molecule has 1 amide bonds. The molecule has 2 heterocycles. The number of H-pyrrole nitrogens is 1. The van der Waals surface area contributed by atoms with Crippen LogP contribution < -0.4 is 9.47 Å². The number of ether oxygens (including phenoxy) is 2. The number of aromatic amines is 1. The number of benzene rings is 2. The van der Waals surface area contributed by atoms with Crippen molar-refractivity contribution in [3.8, 4) is 11.5 Å². The third-order valence-corrected chi connectivity index (χ3v) is 5.52. The Balaban J connectivity index is 1.64. The fourth-order valence-corrected chi connectivity index (χ4v) is 4.15. The molecule has 4 rings (SSSR count). The van der Waals surface area contributed by atoms with E-state index in [9.17, 15) is 4.79 Å². The third kappa shape index (κ3) is 3.97. The highest BCUT2D eigenvalue weighted by Gasteiger charge is 2.33. The molecule has 1 atom stereocenters. The summed E-state index contributed by atoms with van der Waals surface area (Å²) in [6, 6.07) is 11.2. The Kier molecular flexibility index (Phi) is 6.13. The average molecular weight is 428 g/mol. The molecule has 0 aliphatic carbocycles. The first-order chi connectivity index (χ1) is 14.6. The van der Waals surface area contributed by atoms with Crippen molar-refractivity contribution in [2.45, 2.75) is 39.2 Å². The van der Waals surface area contributed by atoms with Crippen LogP contribution in [0.1, 0.15) is 55.3 Å². The number of halogens is 1. The van der Waals surface area contributed by atoms with E-state index >= 15 is 0 Å². The zero-order valence-electron chi connectivity index (χ0n) is 17.3. The van der Waals surface area contributed by atoms with E-state index in [4.69, 9.17) is 26.1 Å². The van der Waals surface area contributed by atoms with Crippen molar-refractivity contribution in [2.75, 3.05) is 19.8 Å². The highest BCUT2D eigenvalue weighted by molar-refractivity contribution is 6.32. The van der Waals surface area contributed by atoms with Gasteiger partial charge in [0.2, 0.25) is 0 Å². The smallest absolute Gasteiger partial charge is 0.254 e. The van der Waals surface area contributed by atoms with Gasteiger partial charge in [0.15, 0.2) is 11.5 Å². The second-order valence-corrected chi connectivity index (χ2v) is 7.77. The van der Waals surface area contributed by atoms with Gasteiger partial charge in [-0.3, -0.25) is 4.79 Å². The summed E-state index contributed by atoms with van der Waals surface area (Å²) < 4.78 is 11.5. The molecule has 1 aliphatic heterocycles. The van der Waals surface area contributed by atoms with Crippen molar-refractivity contribution in [3.63, 3.8) is 0 Å². The van der Waals surface area contributed by atoms with Gasteiger partial charge in [-0.2, -0.15) is 0 Å². The van der Waals surface area contributed by atoms with Gasteiger partial charge < -0.3 is 19.4 Å². The summed E-state index contributed by atoms with van der Waals surface area (Å²) in [4.78, 5) is 23.4. The van der Waals surface area contributed by atoms with Gasteiger partial charge in [0.1, 0.15) is 5.82 Å². The van der Waals surface area contributed by atoms with Crippen molar-refractivity contribution < 1.29 is 14.3 Å². The topological polar surface area (TPSA) is 67.5 Å². The standard InChI is InChI=1S/C23H26ClN3O3/c1-3-12-30-21-16(24)13-15(14-20(21)29-4-2)23(28)27-11-7-10-19(27)22-25-17-8-5-6-9-18(17)26-22/h5-6,8-9,13-14,19H,3-4,7,10-12H2,1-2H3,(H,25,26). The lowest BCUT2D eigenvalue weighted by atomic mass is 10.1. The molecule has 0 bridgehead atoms. The molecule has 2 aromatic carbocycles. The molecule has 7 heteroatoms. The minimum Gasteiger partial charge on any atom is -0.490 e. The maximum absolute atomic E-state index is 13.4. The summed E-state index contributed by atoms with van der Waals surface area (Å²) >= 11 is 6.47. The van der Waals surface area contributed by atoms with Gasteiger partial charge in [0.05, 0.1) is 35.3 Å². The number of para-hydroxylation sites is 2. The normalized spacial score (nSPS) is 16.2. The van der Waals surface area contributed by atoms with Crippen LogP contribution in [0.4, 0.5) is 0 Å². The summed E-state index contributed by atoms with van der Waals surface area (Å²) in [5, 5.41) is 0.386. The molecule has 0 spiro atoms. The molecule has 1 aromatic heterocycles. The number of carbonyl (C=O) groups excluding carboxylic acids is 1. The van der Waals surface area contributed by atoms with Crippen LogP contribution in [0.2, 0.25) is 5.02 Å². The van der Waals surface area contributed by atoms with Crippen LogP contribution in [0.3, 0.4) is 0 Å². The van der Waals surface area contributed by atoms with Crippen LogP contribution in [0.25, 0.3) is 11.0 Å². The third-order valence-electron chi connectivity index (χ3n) is 5.24. The Bertz CT molecular complexity index is 1020.